The van der Waals surface area contributed by atoms with Gasteiger partial charge >= 0.3 is 5.97 Å². The number of nitrogens with zero attached hydrogens (tertiary/aromatic N) is 3. The van der Waals surface area contributed by atoms with Crippen molar-refractivity contribution in [1.29, 1.82) is 0 Å². The molecule has 7 heteroatoms. The third-order valence-electron chi connectivity index (χ3n) is 3.45. The zero-order valence-electron chi connectivity index (χ0n) is 13.2. The molecule has 3 heterocycles. The molecule has 1 atom stereocenters. The number of rotatable bonds is 6. The maximum atomic E-state index is 11.5. The fraction of sp³-hybridized carbons (Fsp3) is 0.294. The van der Waals surface area contributed by atoms with Crippen LogP contribution in [0.3, 0.4) is 0 Å². The van der Waals surface area contributed by atoms with Crippen molar-refractivity contribution in [3.63, 3.8) is 0 Å². The van der Waals surface area contributed by atoms with Gasteiger partial charge in [-0.05, 0) is 25.1 Å². The average molecular weight is 327 g/mol. The highest BCUT2D eigenvalue weighted by Crippen LogP contribution is 2.23. The Labute approximate surface area is 138 Å². The molecular weight excluding hydrogens is 310 g/mol. The highest BCUT2D eigenvalue weighted by Gasteiger charge is 2.14. The van der Waals surface area contributed by atoms with E-state index in [4.69, 9.17) is 9.15 Å². The first-order valence-electron chi connectivity index (χ1n) is 7.63. The molecule has 3 aromatic heterocycles. The second-order valence-corrected chi connectivity index (χ2v) is 5.23. The molecule has 0 spiro atoms. The van der Waals surface area contributed by atoms with Crippen LogP contribution in [-0.4, -0.2) is 32.6 Å². The Morgan fingerprint density at radius 2 is 2.25 bits per heavy atom. The predicted molar refractivity (Wildman–Crippen MR) is 85.0 cm³/mol. The quantitative estimate of drug-likeness (QED) is 0.691. The first kappa shape index (κ1) is 16.1. The Kier molecular flexibility index (Phi) is 4.81. The van der Waals surface area contributed by atoms with Gasteiger partial charge in [0.2, 0.25) is 0 Å². The fourth-order valence-corrected chi connectivity index (χ4v) is 2.37. The van der Waals surface area contributed by atoms with E-state index in [0.29, 0.717) is 34.9 Å². The summed E-state index contributed by atoms with van der Waals surface area (Å²) in [5.41, 5.74) is 2.39. The van der Waals surface area contributed by atoms with E-state index in [9.17, 15) is 9.90 Å². The second-order valence-electron chi connectivity index (χ2n) is 5.23. The van der Waals surface area contributed by atoms with Crippen molar-refractivity contribution < 1.29 is 19.1 Å². The average Bonchev–Trinajstić information content (AvgIpc) is 2.97. The van der Waals surface area contributed by atoms with E-state index >= 15 is 0 Å². The molecular formula is C17H17N3O4. The van der Waals surface area contributed by atoms with Crippen molar-refractivity contribution >= 4 is 17.1 Å². The molecule has 0 aliphatic heterocycles. The van der Waals surface area contributed by atoms with Crippen molar-refractivity contribution in [3.8, 4) is 0 Å². The Bertz CT molecular complexity index is 832. The van der Waals surface area contributed by atoms with E-state index in [1.165, 1.54) is 6.33 Å². The SMILES string of the molecule is CCOC(=O)Cc1ccc2oc(CC(O)c3ccncn3)cc2n1. The molecule has 0 amide bonds. The summed E-state index contributed by atoms with van der Waals surface area (Å²) >= 11 is 0. The molecule has 0 fully saturated rings. The van der Waals surface area contributed by atoms with Crippen LogP contribution in [0.2, 0.25) is 0 Å². The second kappa shape index (κ2) is 7.18. The molecule has 7 nitrogen and oxygen atoms in total. The maximum absolute atomic E-state index is 11.5. The highest BCUT2D eigenvalue weighted by molar-refractivity contribution is 5.76. The summed E-state index contributed by atoms with van der Waals surface area (Å²) < 4.78 is 10.6. The van der Waals surface area contributed by atoms with E-state index < -0.39 is 6.10 Å². The Hall–Kier alpha value is -2.80. The molecule has 24 heavy (non-hydrogen) atoms. The van der Waals surface area contributed by atoms with Gasteiger partial charge < -0.3 is 14.3 Å². The minimum absolute atomic E-state index is 0.119. The van der Waals surface area contributed by atoms with Crippen LogP contribution in [0.4, 0.5) is 0 Å². The highest BCUT2D eigenvalue weighted by atomic mass is 16.5. The molecule has 1 unspecified atom stereocenters. The summed E-state index contributed by atoms with van der Waals surface area (Å²) in [6, 6.07) is 6.91. The van der Waals surface area contributed by atoms with E-state index in [1.54, 1.807) is 37.4 Å². The number of aromatic nitrogens is 3. The van der Waals surface area contributed by atoms with Crippen LogP contribution in [-0.2, 0) is 22.4 Å². The van der Waals surface area contributed by atoms with Crippen LogP contribution >= 0.6 is 0 Å². The smallest absolute Gasteiger partial charge is 0.311 e. The first-order valence-corrected chi connectivity index (χ1v) is 7.63. The molecule has 0 radical (unpaired) electrons. The number of carbonyl (C=O) groups excluding carboxylic acids is 1. The van der Waals surface area contributed by atoms with Crippen LogP contribution in [0.5, 0.6) is 0 Å². The fourth-order valence-electron chi connectivity index (χ4n) is 2.37. The van der Waals surface area contributed by atoms with Crippen LogP contribution in [0.1, 0.15) is 30.2 Å². The van der Waals surface area contributed by atoms with Gasteiger partial charge in [-0.25, -0.2) is 15.0 Å². The molecule has 124 valence electrons. The largest absolute Gasteiger partial charge is 0.466 e. The van der Waals surface area contributed by atoms with E-state index in [1.807, 2.05) is 0 Å². The lowest BCUT2D eigenvalue weighted by atomic mass is 10.1. The predicted octanol–water partition coefficient (Wildman–Crippen LogP) is 2.00. The molecule has 0 saturated heterocycles. The minimum Gasteiger partial charge on any atom is -0.466 e. The zero-order valence-corrected chi connectivity index (χ0v) is 13.2. The third kappa shape index (κ3) is 3.75. The first-order chi connectivity index (χ1) is 11.7. The van der Waals surface area contributed by atoms with Gasteiger partial charge in [-0.1, -0.05) is 0 Å². The minimum atomic E-state index is -0.785. The summed E-state index contributed by atoms with van der Waals surface area (Å²) in [6.45, 7) is 2.11. The van der Waals surface area contributed by atoms with Crippen molar-refractivity contribution in [2.75, 3.05) is 6.61 Å². The third-order valence-corrected chi connectivity index (χ3v) is 3.45. The molecule has 0 aliphatic carbocycles. The van der Waals surface area contributed by atoms with Gasteiger partial charge in [0.1, 0.15) is 23.7 Å². The molecule has 3 aromatic rings. The summed E-state index contributed by atoms with van der Waals surface area (Å²) in [7, 11) is 0. The van der Waals surface area contributed by atoms with E-state index in [0.717, 1.165) is 0 Å². The monoisotopic (exact) mass is 327 g/mol. The van der Waals surface area contributed by atoms with Gasteiger partial charge in [-0.3, -0.25) is 4.79 Å². The lowest BCUT2D eigenvalue weighted by Crippen LogP contribution is -2.08. The van der Waals surface area contributed by atoms with Crippen molar-refractivity contribution in [1.82, 2.24) is 15.0 Å². The van der Waals surface area contributed by atoms with Gasteiger partial charge in [-0.15, -0.1) is 0 Å². The number of carbonyl (C=O) groups is 1. The van der Waals surface area contributed by atoms with E-state index in [-0.39, 0.29) is 18.8 Å². The summed E-state index contributed by atoms with van der Waals surface area (Å²) in [5, 5.41) is 10.2. The zero-order chi connectivity index (χ0) is 16.9. The molecule has 0 bridgehead atoms. The molecule has 0 aromatic carbocycles. The number of esters is 1. The van der Waals surface area contributed by atoms with Gasteiger partial charge in [0.05, 0.1) is 24.4 Å². The van der Waals surface area contributed by atoms with Crippen LogP contribution in [0.15, 0.2) is 41.2 Å². The van der Waals surface area contributed by atoms with Crippen molar-refractivity contribution in [3.05, 3.63) is 53.9 Å². The van der Waals surface area contributed by atoms with Crippen molar-refractivity contribution in [2.45, 2.75) is 25.9 Å². The van der Waals surface area contributed by atoms with Gasteiger partial charge in [-0.2, -0.15) is 0 Å². The number of furan rings is 1. The molecule has 0 aliphatic rings. The Balaban J connectivity index is 1.75. The number of hydrogen-bond acceptors (Lipinski definition) is 7. The standard InChI is InChI=1S/C17H17N3O4/c1-2-23-17(22)7-11-3-4-16-14(20-11)8-12(24-16)9-15(21)13-5-6-18-10-19-13/h3-6,8,10,15,21H,2,7,9H2,1H3. The van der Waals surface area contributed by atoms with Gasteiger partial charge in [0.15, 0.2) is 5.58 Å². The van der Waals surface area contributed by atoms with E-state index in [2.05, 4.69) is 15.0 Å². The van der Waals surface area contributed by atoms with Crippen LogP contribution < -0.4 is 0 Å². The van der Waals surface area contributed by atoms with Crippen molar-refractivity contribution in [2.24, 2.45) is 0 Å². The number of pyridine rings is 1. The molecule has 0 saturated carbocycles. The summed E-state index contributed by atoms with van der Waals surface area (Å²) in [4.78, 5) is 23.8. The summed E-state index contributed by atoms with van der Waals surface area (Å²) in [6.07, 6.45) is 2.58. The number of aliphatic hydroxyl groups is 1. The Morgan fingerprint density at radius 3 is 3.00 bits per heavy atom. The molecule has 1 N–H and O–H groups in total. The summed E-state index contributed by atoms with van der Waals surface area (Å²) in [5.74, 6) is 0.282. The maximum Gasteiger partial charge on any atom is 0.311 e. The number of hydrogen-bond donors (Lipinski definition) is 1. The van der Waals surface area contributed by atoms with Gasteiger partial charge in [0.25, 0.3) is 0 Å². The lowest BCUT2D eigenvalue weighted by molar-refractivity contribution is -0.142. The molecule has 3 rings (SSSR count). The topological polar surface area (TPSA) is 98.3 Å². The number of fused-ring (bicyclic) bond motifs is 1. The van der Waals surface area contributed by atoms with Crippen LogP contribution in [0.25, 0.3) is 11.1 Å². The Morgan fingerprint density at radius 1 is 1.38 bits per heavy atom. The van der Waals surface area contributed by atoms with Gasteiger partial charge in [0, 0.05) is 18.7 Å². The van der Waals surface area contributed by atoms with Crippen LogP contribution in [0, 0.1) is 0 Å². The number of ether oxygens (including phenoxy) is 1. The normalized spacial score (nSPS) is 12.2. The lowest BCUT2D eigenvalue weighted by Gasteiger charge is -2.06. The number of aliphatic hydroxyl groups excluding tert-OH is 1.